The Bertz CT molecular complexity index is 289. The minimum Gasteiger partial charge on any atom is -0.325 e. The van der Waals surface area contributed by atoms with Crippen LogP contribution in [0.2, 0.25) is 0 Å². The smallest absolute Gasteiger partial charge is 0.191 e. The molecule has 5 heteroatoms. The van der Waals surface area contributed by atoms with Crippen LogP contribution in [0, 0.1) is 0 Å². The van der Waals surface area contributed by atoms with Gasteiger partial charge in [-0.1, -0.05) is 23.2 Å². The van der Waals surface area contributed by atoms with E-state index in [2.05, 4.69) is 9.97 Å². The molecule has 2 rings (SSSR count). The van der Waals surface area contributed by atoms with E-state index in [0.717, 1.165) is 25.2 Å². The Labute approximate surface area is 86.7 Å². The molecular formula is C8H9Cl2N3. The molecule has 1 fully saturated rings. The van der Waals surface area contributed by atoms with E-state index in [9.17, 15) is 0 Å². The molecule has 1 saturated heterocycles. The quantitative estimate of drug-likeness (QED) is 0.534. The highest BCUT2D eigenvalue weighted by molar-refractivity contribution is 6.49. The Morgan fingerprint density at radius 1 is 1.46 bits per heavy atom. The van der Waals surface area contributed by atoms with Crippen molar-refractivity contribution < 1.29 is 0 Å². The zero-order valence-electron chi connectivity index (χ0n) is 6.95. The van der Waals surface area contributed by atoms with Gasteiger partial charge in [-0.15, -0.1) is 0 Å². The first-order valence-electron chi connectivity index (χ1n) is 4.12. The molecular weight excluding hydrogens is 209 g/mol. The second-order valence-corrected chi connectivity index (χ2v) is 4.43. The van der Waals surface area contributed by atoms with Crippen molar-refractivity contribution in [2.45, 2.75) is 17.3 Å². The van der Waals surface area contributed by atoms with Gasteiger partial charge in [0.05, 0.1) is 0 Å². The molecule has 0 aliphatic carbocycles. The van der Waals surface area contributed by atoms with E-state index in [1.54, 1.807) is 6.20 Å². The summed E-state index contributed by atoms with van der Waals surface area (Å²) >= 11 is 12.2. The molecule has 2 heterocycles. The second kappa shape index (κ2) is 3.31. The largest absolute Gasteiger partial charge is 0.325 e. The summed E-state index contributed by atoms with van der Waals surface area (Å²) in [5, 5.41) is 0. The first-order valence-corrected chi connectivity index (χ1v) is 4.87. The van der Waals surface area contributed by atoms with E-state index in [-0.39, 0.29) is 0 Å². The van der Waals surface area contributed by atoms with Crippen LogP contribution >= 0.6 is 23.2 Å². The Balaban J connectivity index is 2.27. The summed E-state index contributed by atoms with van der Waals surface area (Å²) in [5.41, 5.74) is 0. The molecule has 13 heavy (non-hydrogen) atoms. The average Bonchev–Trinajstić information content (AvgIpc) is 2.47. The molecule has 0 atom stereocenters. The molecule has 0 aromatic carbocycles. The number of hydrogen-bond donors (Lipinski definition) is 0. The van der Waals surface area contributed by atoms with Crippen LogP contribution in [-0.2, 0) is 0 Å². The number of nitrogens with zero attached hydrogens (tertiary/aromatic N) is 3. The van der Waals surface area contributed by atoms with Gasteiger partial charge < -0.3 is 4.90 Å². The van der Waals surface area contributed by atoms with Crippen LogP contribution in [0.3, 0.4) is 0 Å². The van der Waals surface area contributed by atoms with Gasteiger partial charge in [-0.25, -0.2) is 9.97 Å². The van der Waals surface area contributed by atoms with Crippen LogP contribution in [0.1, 0.15) is 12.8 Å². The molecule has 1 aromatic heterocycles. The van der Waals surface area contributed by atoms with Crippen LogP contribution < -0.4 is 4.90 Å². The molecule has 1 aliphatic heterocycles. The van der Waals surface area contributed by atoms with Gasteiger partial charge in [0.1, 0.15) is 12.1 Å². The van der Waals surface area contributed by atoms with Crippen molar-refractivity contribution in [1.29, 1.82) is 0 Å². The maximum atomic E-state index is 6.10. The fourth-order valence-electron chi connectivity index (χ4n) is 1.47. The second-order valence-electron chi connectivity index (χ2n) is 2.99. The highest BCUT2D eigenvalue weighted by atomic mass is 35.5. The lowest BCUT2D eigenvalue weighted by Gasteiger charge is -2.27. The lowest BCUT2D eigenvalue weighted by atomic mass is 10.4. The average molecular weight is 218 g/mol. The van der Waals surface area contributed by atoms with Crippen LogP contribution in [0.4, 0.5) is 5.82 Å². The number of hydrogen-bond acceptors (Lipinski definition) is 3. The van der Waals surface area contributed by atoms with E-state index in [4.69, 9.17) is 23.2 Å². The highest BCUT2D eigenvalue weighted by Gasteiger charge is 2.37. The third kappa shape index (κ3) is 1.71. The maximum Gasteiger partial charge on any atom is 0.191 e. The Morgan fingerprint density at radius 3 is 2.85 bits per heavy atom. The van der Waals surface area contributed by atoms with Crippen molar-refractivity contribution >= 4 is 29.0 Å². The number of anilines is 1. The molecule has 3 nitrogen and oxygen atoms in total. The highest BCUT2D eigenvalue weighted by Crippen LogP contribution is 2.39. The van der Waals surface area contributed by atoms with Gasteiger partial charge in [-0.2, -0.15) is 0 Å². The van der Waals surface area contributed by atoms with Gasteiger partial charge in [0.2, 0.25) is 0 Å². The molecule has 0 spiro atoms. The van der Waals surface area contributed by atoms with Crippen LogP contribution in [-0.4, -0.2) is 21.0 Å². The van der Waals surface area contributed by atoms with Crippen molar-refractivity contribution in [3.8, 4) is 0 Å². The van der Waals surface area contributed by atoms with Crippen molar-refractivity contribution in [3.05, 3.63) is 18.6 Å². The zero-order valence-corrected chi connectivity index (χ0v) is 8.46. The van der Waals surface area contributed by atoms with Crippen molar-refractivity contribution in [1.82, 2.24) is 9.97 Å². The summed E-state index contributed by atoms with van der Waals surface area (Å²) < 4.78 is -0.797. The molecule has 0 N–H and O–H groups in total. The van der Waals surface area contributed by atoms with Crippen LogP contribution in [0.15, 0.2) is 18.6 Å². The maximum absolute atomic E-state index is 6.10. The van der Waals surface area contributed by atoms with E-state index < -0.39 is 4.46 Å². The summed E-state index contributed by atoms with van der Waals surface area (Å²) in [4.78, 5) is 9.83. The van der Waals surface area contributed by atoms with E-state index >= 15 is 0 Å². The Hall–Kier alpha value is -0.540. The van der Waals surface area contributed by atoms with Gasteiger partial charge in [0.15, 0.2) is 4.46 Å². The molecule has 0 radical (unpaired) electrons. The third-order valence-electron chi connectivity index (χ3n) is 2.10. The minimum atomic E-state index is -0.797. The summed E-state index contributed by atoms with van der Waals surface area (Å²) in [6.07, 6.45) is 4.96. The summed E-state index contributed by atoms with van der Waals surface area (Å²) in [6, 6.07) is 1.81. The van der Waals surface area contributed by atoms with Crippen LogP contribution in [0.25, 0.3) is 0 Å². The standard InChI is InChI=1S/C8H9Cl2N3/c9-8(10)3-1-5-13(8)7-2-4-11-6-12-7/h2,4,6H,1,3,5H2. The molecule has 1 aromatic rings. The normalized spacial score (nSPS) is 20.6. The van der Waals surface area contributed by atoms with Crippen molar-refractivity contribution in [3.63, 3.8) is 0 Å². The van der Waals surface area contributed by atoms with Crippen molar-refractivity contribution in [2.24, 2.45) is 0 Å². The monoisotopic (exact) mass is 217 g/mol. The molecule has 0 amide bonds. The van der Waals surface area contributed by atoms with Gasteiger partial charge in [-0.05, 0) is 12.5 Å². The summed E-state index contributed by atoms with van der Waals surface area (Å²) in [6.45, 7) is 0.851. The SMILES string of the molecule is ClC1(Cl)CCCN1c1ccncn1. The fraction of sp³-hybridized carbons (Fsp3) is 0.500. The molecule has 0 unspecified atom stereocenters. The Morgan fingerprint density at radius 2 is 2.31 bits per heavy atom. The number of rotatable bonds is 1. The predicted molar refractivity (Wildman–Crippen MR) is 53.0 cm³/mol. The molecule has 1 aliphatic rings. The first-order chi connectivity index (χ1) is 6.20. The number of aromatic nitrogens is 2. The van der Waals surface area contributed by atoms with Crippen molar-refractivity contribution in [2.75, 3.05) is 11.4 Å². The summed E-state index contributed by atoms with van der Waals surface area (Å²) in [7, 11) is 0. The number of alkyl halides is 2. The van der Waals surface area contributed by atoms with E-state index in [1.165, 1.54) is 6.33 Å². The predicted octanol–water partition coefficient (Wildman–Crippen LogP) is 2.21. The summed E-state index contributed by atoms with van der Waals surface area (Å²) in [5.74, 6) is 0.789. The Kier molecular flexibility index (Phi) is 2.30. The zero-order chi connectivity index (χ0) is 9.31. The van der Waals surface area contributed by atoms with Gasteiger partial charge in [-0.3, -0.25) is 0 Å². The van der Waals surface area contributed by atoms with E-state index in [1.807, 2.05) is 11.0 Å². The minimum absolute atomic E-state index is 0.778. The number of halogens is 2. The first kappa shape index (κ1) is 9.03. The van der Waals surface area contributed by atoms with Crippen LogP contribution in [0.5, 0.6) is 0 Å². The topological polar surface area (TPSA) is 29.0 Å². The molecule has 0 bridgehead atoms. The lowest BCUT2D eigenvalue weighted by molar-refractivity contribution is 0.794. The van der Waals surface area contributed by atoms with E-state index in [0.29, 0.717) is 0 Å². The van der Waals surface area contributed by atoms with Gasteiger partial charge in [0, 0.05) is 19.2 Å². The molecule has 70 valence electrons. The van der Waals surface area contributed by atoms with Gasteiger partial charge >= 0.3 is 0 Å². The fourth-order valence-corrected chi connectivity index (χ4v) is 2.08. The third-order valence-corrected chi connectivity index (χ3v) is 2.88. The van der Waals surface area contributed by atoms with Gasteiger partial charge in [0.25, 0.3) is 0 Å². The lowest BCUT2D eigenvalue weighted by Crippen LogP contribution is -2.34. The molecule has 0 saturated carbocycles.